The molecule has 17 rings (SSSR count). The van der Waals surface area contributed by atoms with Gasteiger partial charge in [0.1, 0.15) is 0 Å². The molecule has 4 heterocycles. The largest absolute Gasteiger partial charge is 0.305 e. The molecule has 0 saturated heterocycles. The monoisotopic (exact) mass is 737 g/mol. The molecule has 3 heteroatoms. The summed E-state index contributed by atoms with van der Waals surface area (Å²) < 4.78 is 2.64. The predicted molar refractivity (Wildman–Crippen MR) is 230 cm³/mol. The lowest BCUT2D eigenvalue weighted by Gasteiger charge is -2.58. The summed E-state index contributed by atoms with van der Waals surface area (Å²) in [6.45, 7) is 0. The van der Waals surface area contributed by atoms with Crippen molar-refractivity contribution in [2.24, 2.45) is 0 Å². The van der Waals surface area contributed by atoms with Crippen molar-refractivity contribution < 1.29 is 0 Å². The molecule has 270 valence electrons. The highest BCUT2D eigenvalue weighted by atomic mass is 15.0. The van der Waals surface area contributed by atoms with Crippen LogP contribution in [0.3, 0.4) is 0 Å². The van der Waals surface area contributed by atoms with E-state index in [1.165, 1.54) is 127 Å². The van der Waals surface area contributed by atoms with E-state index >= 15 is 0 Å². The van der Waals surface area contributed by atoms with Gasteiger partial charge in [-0.05, 0) is 104 Å². The van der Waals surface area contributed by atoms with E-state index in [0.29, 0.717) is 5.92 Å². The second-order valence-corrected chi connectivity index (χ2v) is 18.1. The fourth-order valence-electron chi connectivity index (χ4n) is 14.1. The van der Waals surface area contributed by atoms with E-state index in [9.17, 15) is 0 Å². The first kappa shape index (κ1) is 29.6. The van der Waals surface area contributed by atoms with Crippen molar-refractivity contribution in [1.29, 1.82) is 0 Å². The smallest absolute Gasteiger partial charge is 0.0729 e. The number of benzene rings is 6. The van der Waals surface area contributed by atoms with Crippen molar-refractivity contribution in [2.45, 2.75) is 54.8 Å². The van der Waals surface area contributed by atoms with Gasteiger partial charge in [-0.1, -0.05) is 127 Å². The molecule has 58 heavy (non-hydrogen) atoms. The highest BCUT2D eigenvalue weighted by molar-refractivity contribution is 6.27. The lowest BCUT2D eigenvalue weighted by Crippen LogP contribution is -2.53. The minimum Gasteiger partial charge on any atom is -0.305 e. The third-order valence-corrected chi connectivity index (χ3v) is 16.0. The maximum absolute atomic E-state index is 5.57. The summed E-state index contributed by atoms with van der Waals surface area (Å²) in [6, 6.07) is 49.1. The fourth-order valence-corrected chi connectivity index (χ4v) is 14.1. The van der Waals surface area contributed by atoms with Crippen molar-refractivity contribution in [1.82, 2.24) is 14.4 Å². The highest BCUT2D eigenvalue weighted by Crippen LogP contribution is 2.78. The molecule has 6 bridgehead atoms. The molecule has 0 saturated carbocycles. The molecular weight excluding hydrogens is 703 g/mol. The van der Waals surface area contributed by atoms with E-state index in [0.717, 1.165) is 25.7 Å². The Kier molecular flexibility index (Phi) is 4.98. The Morgan fingerprint density at radius 3 is 1.71 bits per heavy atom. The Hall–Kier alpha value is -6.58. The van der Waals surface area contributed by atoms with Crippen LogP contribution in [0.1, 0.15) is 113 Å². The Morgan fingerprint density at radius 2 is 1.02 bits per heavy atom. The van der Waals surface area contributed by atoms with Gasteiger partial charge in [0.2, 0.25) is 0 Å². The van der Waals surface area contributed by atoms with Crippen LogP contribution in [0.2, 0.25) is 0 Å². The number of aryl methyl sites for hydroxylation is 4. The number of rotatable bonds is 0. The molecule has 7 aliphatic rings. The first-order chi connectivity index (χ1) is 28.8. The normalized spacial score (nSPS) is 23.3. The summed E-state index contributed by atoms with van der Waals surface area (Å²) in [5.41, 5.74) is 26.8. The lowest BCUT2D eigenvalue weighted by atomic mass is 9.43. The molecule has 3 atom stereocenters. The number of fused-ring (bicyclic) bond motifs is 20. The Morgan fingerprint density at radius 1 is 0.466 bits per heavy atom. The Labute approximate surface area is 335 Å². The van der Waals surface area contributed by atoms with Crippen LogP contribution in [0.15, 0.2) is 140 Å². The average molecular weight is 738 g/mol. The lowest BCUT2D eigenvalue weighted by molar-refractivity contribution is 0.328. The van der Waals surface area contributed by atoms with Crippen LogP contribution >= 0.6 is 0 Å². The maximum Gasteiger partial charge on any atom is 0.0729 e. The van der Waals surface area contributed by atoms with E-state index in [2.05, 4.69) is 144 Å². The standard InChI is InChI=1S/C55H35N3/c1-3-14-34-32(12-1)44-33-13-2-4-15-35(33)45(34)52-48(44)46-40(26-56-52)58-41-27-57-53-50-37-17-6-5-16-36(37)49-38-18-7-8-19-39(38)55(49,50)51(53)47(41)43-31-23-21-29-11-9-10-28(24-29)20-22-30(25-31)42(46)54(43)58/h1-19,24-27,44-45,49-50H,20-23H2. The second-order valence-electron chi connectivity index (χ2n) is 18.1. The van der Waals surface area contributed by atoms with Gasteiger partial charge in [0.25, 0.3) is 0 Å². The van der Waals surface area contributed by atoms with E-state index in [4.69, 9.17) is 9.97 Å². The molecule has 0 aliphatic heterocycles. The van der Waals surface area contributed by atoms with Crippen molar-refractivity contribution in [3.8, 4) is 0 Å². The topological polar surface area (TPSA) is 30.2 Å². The first-order valence-electron chi connectivity index (χ1n) is 21.3. The zero-order valence-electron chi connectivity index (χ0n) is 31.8. The summed E-state index contributed by atoms with van der Waals surface area (Å²) in [5.74, 6) is 0.930. The molecule has 0 radical (unpaired) electrons. The Bertz CT molecular complexity index is 3520. The fraction of sp³-hybridized carbons (Fsp3) is 0.164. The van der Waals surface area contributed by atoms with Gasteiger partial charge < -0.3 is 4.40 Å². The molecule has 10 aromatic rings. The summed E-state index contributed by atoms with van der Waals surface area (Å²) in [5, 5.41) is 5.77. The van der Waals surface area contributed by atoms with Gasteiger partial charge in [0, 0.05) is 44.7 Å². The van der Waals surface area contributed by atoms with Gasteiger partial charge in [-0.2, -0.15) is 0 Å². The van der Waals surface area contributed by atoms with Gasteiger partial charge in [-0.15, -0.1) is 0 Å². The van der Waals surface area contributed by atoms with E-state index in [1.807, 2.05) is 0 Å². The quantitative estimate of drug-likeness (QED) is 0.155. The van der Waals surface area contributed by atoms with Crippen molar-refractivity contribution in [3.05, 3.63) is 229 Å². The van der Waals surface area contributed by atoms with Crippen LogP contribution in [0.4, 0.5) is 0 Å². The highest BCUT2D eigenvalue weighted by Gasteiger charge is 2.71. The minimum atomic E-state index is -0.0835. The molecule has 6 aromatic carbocycles. The number of hydrogen-bond donors (Lipinski definition) is 0. The van der Waals surface area contributed by atoms with Crippen LogP contribution in [0.5, 0.6) is 0 Å². The number of aromatic nitrogens is 3. The first-order valence-corrected chi connectivity index (χ1v) is 21.3. The van der Waals surface area contributed by atoms with Crippen LogP contribution in [0, 0.1) is 0 Å². The second kappa shape index (κ2) is 9.74. The minimum absolute atomic E-state index is 0.0835. The molecule has 7 aliphatic carbocycles. The molecular formula is C55H35N3. The van der Waals surface area contributed by atoms with Gasteiger partial charge in [0.05, 0.1) is 46.2 Å². The van der Waals surface area contributed by atoms with E-state index in [1.54, 1.807) is 0 Å². The average Bonchev–Trinajstić information content (AvgIpc) is 3.85. The van der Waals surface area contributed by atoms with Gasteiger partial charge in [-0.3, -0.25) is 9.97 Å². The zero-order chi connectivity index (χ0) is 37.2. The summed E-state index contributed by atoms with van der Waals surface area (Å²) in [6.07, 6.45) is 8.59. The third kappa shape index (κ3) is 3.03. The van der Waals surface area contributed by atoms with Crippen molar-refractivity contribution >= 4 is 38.1 Å². The predicted octanol–water partition coefficient (Wildman–Crippen LogP) is 11.4. The van der Waals surface area contributed by atoms with Gasteiger partial charge in [-0.25, -0.2) is 0 Å². The van der Waals surface area contributed by atoms with Crippen molar-refractivity contribution in [2.75, 3.05) is 0 Å². The van der Waals surface area contributed by atoms with Crippen LogP contribution in [-0.4, -0.2) is 14.4 Å². The van der Waals surface area contributed by atoms with Gasteiger partial charge >= 0.3 is 0 Å². The number of pyridine rings is 2. The van der Waals surface area contributed by atoms with Crippen LogP contribution in [0.25, 0.3) is 38.1 Å². The van der Waals surface area contributed by atoms with E-state index < -0.39 is 0 Å². The molecule has 4 aromatic heterocycles. The van der Waals surface area contributed by atoms with Gasteiger partial charge in [0.15, 0.2) is 0 Å². The Balaban J connectivity index is 1.08. The maximum atomic E-state index is 5.57. The molecule has 0 N–H and O–H groups in total. The van der Waals surface area contributed by atoms with Crippen molar-refractivity contribution in [3.63, 3.8) is 0 Å². The summed E-state index contributed by atoms with van der Waals surface area (Å²) in [4.78, 5) is 11.1. The molecule has 1 spiro atoms. The van der Waals surface area contributed by atoms with Crippen LogP contribution in [-0.2, 0) is 31.1 Å². The SMILES string of the molecule is c1cc2cc(c1)CCc1cc(c3c4c5c(ncc4n4c6cnc7c(c6c1c34)C13c4ccccc4C1c1ccccc1C73)C1c3ccccc3C5c3ccccc31)CC2. The number of nitrogens with zero attached hydrogens (tertiary/aromatic N) is 3. The molecule has 0 fully saturated rings. The summed E-state index contributed by atoms with van der Waals surface area (Å²) >= 11 is 0. The zero-order valence-corrected chi connectivity index (χ0v) is 31.8. The van der Waals surface area contributed by atoms with Crippen LogP contribution < -0.4 is 0 Å². The van der Waals surface area contributed by atoms with E-state index in [-0.39, 0.29) is 23.2 Å². The molecule has 3 unspecified atom stereocenters. The third-order valence-electron chi connectivity index (χ3n) is 16.0. The molecule has 3 nitrogen and oxygen atoms in total. The molecule has 0 amide bonds. The number of hydrogen-bond acceptors (Lipinski definition) is 2. The summed E-state index contributed by atoms with van der Waals surface area (Å²) in [7, 11) is 0.